The number of rotatable bonds is 2. The lowest BCUT2D eigenvalue weighted by atomic mass is 10.5. The average molecular weight is 255 g/mol. The molecule has 0 bridgehead atoms. The monoisotopic (exact) mass is 254 g/mol. The minimum atomic E-state index is 0.181. The number of ether oxygens (including phenoxy) is 1. The number of nitrogens with zero attached hydrogens (tertiary/aromatic N) is 4. The minimum Gasteiger partial charge on any atom is -0.379 e. The molecule has 0 saturated carbocycles. The Labute approximate surface area is 102 Å². The Morgan fingerprint density at radius 1 is 1.35 bits per heavy atom. The van der Waals surface area contributed by atoms with Gasteiger partial charge in [0.25, 0.3) is 0 Å². The lowest BCUT2D eigenvalue weighted by molar-refractivity contribution is 0.0495. The highest BCUT2D eigenvalue weighted by Gasteiger charge is 2.14. The third-order valence-electron chi connectivity index (χ3n) is 2.53. The molecule has 0 aromatic carbocycles. The van der Waals surface area contributed by atoms with Crippen molar-refractivity contribution in [2.75, 3.05) is 31.7 Å². The van der Waals surface area contributed by atoms with Crippen molar-refractivity contribution in [3.05, 3.63) is 11.6 Å². The smallest absolute Gasteiger partial charge is 0.226 e. The van der Waals surface area contributed by atoms with Crippen molar-refractivity contribution in [3.8, 4) is 0 Å². The number of H-pyrrole nitrogens is 1. The Balaban J connectivity index is 1.90. The van der Waals surface area contributed by atoms with Crippen LogP contribution in [-0.4, -0.2) is 51.2 Å². The highest BCUT2D eigenvalue weighted by atomic mass is 35.5. The second-order valence-corrected chi connectivity index (χ2v) is 3.99. The van der Waals surface area contributed by atoms with Crippen LogP contribution in [0.5, 0.6) is 0 Å². The summed E-state index contributed by atoms with van der Waals surface area (Å²) in [6, 6.07) is 0. The maximum Gasteiger partial charge on any atom is 0.226 e. The molecule has 8 heteroatoms. The maximum absolute atomic E-state index is 5.84. The molecular weight excluding hydrogens is 244 g/mol. The molecule has 17 heavy (non-hydrogen) atoms. The van der Waals surface area contributed by atoms with Gasteiger partial charge < -0.3 is 15.1 Å². The lowest BCUT2D eigenvalue weighted by Gasteiger charge is -2.27. The number of hydrogen-bond acceptors (Lipinski definition) is 6. The molecule has 1 aliphatic heterocycles. The highest BCUT2D eigenvalue weighted by Crippen LogP contribution is 2.19. The summed E-state index contributed by atoms with van der Waals surface area (Å²) in [5.41, 5.74) is 4.50. The van der Waals surface area contributed by atoms with E-state index in [2.05, 4.69) is 25.4 Å². The Morgan fingerprint density at radius 2 is 2.18 bits per heavy atom. The van der Waals surface area contributed by atoms with E-state index >= 15 is 0 Å². The molecule has 90 valence electrons. The molecule has 7 nitrogen and oxygen atoms in total. The molecule has 2 N–H and O–H groups in total. The summed E-state index contributed by atoms with van der Waals surface area (Å²) in [4.78, 5) is 15.2. The molecule has 0 radical (unpaired) electrons. The Morgan fingerprint density at radius 3 is 3.00 bits per heavy atom. The molecule has 1 saturated heterocycles. The number of fused-ring (bicyclic) bond motifs is 1. The molecule has 3 rings (SSSR count). The summed E-state index contributed by atoms with van der Waals surface area (Å²) in [6.07, 6.45) is 1.57. The van der Waals surface area contributed by atoms with Crippen LogP contribution in [-0.2, 0) is 4.74 Å². The molecule has 0 amide bonds. The van der Waals surface area contributed by atoms with Crippen molar-refractivity contribution in [3.63, 3.8) is 0 Å². The van der Waals surface area contributed by atoms with Gasteiger partial charge in [0.05, 0.1) is 19.5 Å². The number of hydrogen-bond donors (Lipinski definition) is 2. The van der Waals surface area contributed by atoms with E-state index in [4.69, 9.17) is 16.3 Å². The first-order valence-corrected chi connectivity index (χ1v) is 5.67. The summed E-state index contributed by atoms with van der Waals surface area (Å²) < 4.78 is 5.27. The van der Waals surface area contributed by atoms with E-state index < -0.39 is 0 Å². The Bertz CT molecular complexity index is 523. The first-order valence-electron chi connectivity index (χ1n) is 5.29. The van der Waals surface area contributed by atoms with Crippen LogP contribution in [0.25, 0.3) is 11.2 Å². The van der Waals surface area contributed by atoms with Gasteiger partial charge in [0.1, 0.15) is 5.52 Å². The second-order valence-electron chi connectivity index (χ2n) is 3.65. The highest BCUT2D eigenvalue weighted by molar-refractivity contribution is 6.28. The second kappa shape index (κ2) is 4.44. The first kappa shape index (κ1) is 10.7. The van der Waals surface area contributed by atoms with Gasteiger partial charge in [0, 0.05) is 13.1 Å². The molecule has 0 spiro atoms. The summed E-state index contributed by atoms with van der Waals surface area (Å²) >= 11 is 5.84. The van der Waals surface area contributed by atoms with Crippen LogP contribution in [0.1, 0.15) is 0 Å². The van der Waals surface area contributed by atoms with Crippen LogP contribution >= 0.6 is 11.6 Å². The molecule has 1 fully saturated rings. The van der Waals surface area contributed by atoms with E-state index in [-0.39, 0.29) is 5.28 Å². The predicted molar refractivity (Wildman–Crippen MR) is 62.7 cm³/mol. The van der Waals surface area contributed by atoms with Gasteiger partial charge in [-0.1, -0.05) is 0 Å². The van der Waals surface area contributed by atoms with E-state index in [1.165, 1.54) is 0 Å². The predicted octanol–water partition coefficient (Wildman–Crippen LogP) is 0.665. The van der Waals surface area contributed by atoms with Crippen molar-refractivity contribution in [2.45, 2.75) is 0 Å². The van der Waals surface area contributed by atoms with Crippen molar-refractivity contribution in [1.82, 2.24) is 24.9 Å². The van der Waals surface area contributed by atoms with Crippen LogP contribution in [0.4, 0.5) is 5.82 Å². The summed E-state index contributed by atoms with van der Waals surface area (Å²) in [7, 11) is 0. The van der Waals surface area contributed by atoms with Crippen molar-refractivity contribution < 1.29 is 4.74 Å². The fourth-order valence-electron chi connectivity index (χ4n) is 1.71. The largest absolute Gasteiger partial charge is 0.379 e. The van der Waals surface area contributed by atoms with E-state index in [9.17, 15) is 0 Å². The van der Waals surface area contributed by atoms with E-state index in [1.807, 2.05) is 5.01 Å². The number of hydrazine groups is 1. The van der Waals surface area contributed by atoms with Crippen LogP contribution in [0, 0.1) is 0 Å². The minimum absolute atomic E-state index is 0.181. The Hall–Kier alpha value is -1.44. The fourth-order valence-corrected chi connectivity index (χ4v) is 1.88. The standard InChI is InChI=1S/C9H11ClN6O/c10-9-13-7-6(11-5-12-7)8(14-9)15-16-1-3-17-4-2-16/h5H,1-4H2,(H2,11,12,13,14,15). The van der Waals surface area contributed by atoms with E-state index in [1.54, 1.807) is 6.33 Å². The molecule has 3 heterocycles. The van der Waals surface area contributed by atoms with E-state index in [0.717, 1.165) is 18.6 Å². The van der Waals surface area contributed by atoms with Gasteiger partial charge in [-0.15, -0.1) is 0 Å². The SMILES string of the molecule is Clc1nc(NN2CCOCC2)c2[nH]cnc2n1. The van der Waals surface area contributed by atoms with Gasteiger partial charge in [0.15, 0.2) is 11.5 Å². The zero-order chi connectivity index (χ0) is 11.7. The molecule has 2 aromatic heterocycles. The topological polar surface area (TPSA) is 79.0 Å². The van der Waals surface area contributed by atoms with Crippen molar-refractivity contribution in [1.29, 1.82) is 0 Å². The number of nitrogens with one attached hydrogen (secondary N) is 2. The summed E-state index contributed by atoms with van der Waals surface area (Å²) in [5.74, 6) is 0.638. The van der Waals surface area contributed by atoms with Crippen LogP contribution < -0.4 is 5.43 Å². The summed E-state index contributed by atoms with van der Waals surface area (Å²) in [5, 5.41) is 2.21. The summed E-state index contributed by atoms with van der Waals surface area (Å²) in [6.45, 7) is 3.02. The number of anilines is 1. The fraction of sp³-hybridized carbons (Fsp3) is 0.444. The first-order chi connectivity index (χ1) is 8.33. The van der Waals surface area contributed by atoms with Crippen LogP contribution in [0.3, 0.4) is 0 Å². The van der Waals surface area contributed by atoms with Gasteiger partial charge in [-0.25, -0.2) is 9.99 Å². The molecular formula is C9H11ClN6O. The number of imidazole rings is 1. The van der Waals surface area contributed by atoms with Crippen molar-refractivity contribution in [2.24, 2.45) is 0 Å². The number of halogens is 1. The third-order valence-corrected chi connectivity index (χ3v) is 2.70. The zero-order valence-corrected chi connectivity index (χ0v) is 9.74. The molecule has 0 unspecified atom stereocenters. The lowest BCUT2D eigenvalue weighted by Crippen LogP contribution is -2.40. The number of morpholine rings is 1. The maximum atomic E-state index is 5.84. The van der Waals surface area contributed by atoms with Crippen LogP contribution in [0.15, 0.2) is 6.33 Å². The van der Waals surface area contributed by atoms with Gasteiger partial charge >= 0.3 is 0 Å². The molecule has 2 aromatic rings. The molecule has 0 atom stereocenters. The number of aromatic amines is 1. The van der Waals surface area contributed by atoms with Gasteiger partial charge in [-0.3, -0.25) is 0 Å². The average Bonchev–Trinajstić information content (AvgIpc) is 2.78. The van der Waals surface area contributed by atoms with Gasteiger partial charge in [-0.05, 0) is 11.6 Å². The van der Waals surface area contributed by atoms with E-state index in [0.29, 0.717) is 24.7 Å². The quantitative estimate of drug-likeness (QED) is 0.767. The van der Waals surface area contributed by atoms with Gasteiger partial charge in [-0.2, -0.15) is 9.97 Å². The van der Waals surface area contributed by atoms with Crippen molar-refractivity contribution >= 4 is 28.6 Å². The third kappa shape index (κ3) is 2.17. The zero-order valence-electron chi connectivity index (χ0n) is 8.98. The van der Waals surface area contributed by atoms with Gasteiger partial charge in [0.2, 0.25) is 5.28 Å². The van der Waals surface area contributed by atoms with Crippen LogP contribution in [0.2, 0.25) is 5.28 Å². The molecule has 0 aliphatic carbocycles. The normalized spacial score (nSPS) is 17.5. The molecule has 1 aliphatic rings. The Kier molecular flexibility index (Phi) is 2.79. The number of aromatic nitrogens is 4.